The van der Waals surface area contributed by atoms with Gasteiger partial charge in [0.05, 0.1) is 29.4 Å². The van der Waals surface area contributed by atoms with Crippen LogP contribution >= 0.6 is 0 Å². The second-order valence-corrected chi connectivity index (χ2v) is 6.58. The number of hydrogen-bond donors (Lipinski definition) is 1. The van der Waals surface area contributed by atoms with Crippen LogP contribution in [-0.2, 0) is 4.74 Å². The molecule has 7 nitrogen and oxygen atoms in total. The summed E-state index contributed by atoms with van der Waals surface area (Å²) in [7, 11) is 0. The van der Waals surface area contributed by atoms with Crippen molar-refractivity contribution in [1.29, 1.82) is 0 Å². The van der Waals surface area contributed by atoms with Gasteiger partial charge in [-0.2, -0.15) is 0 Å². The standard InChI is InChI=1S/C20H23N3O4/c1-15(16-5-3-2-4-6-16)14-21-20(24)18-13-17(23(25)26)7-8-19(18)22-9-11-27-12-10-22/h2-8,13,15H,9-12,14H2,1H3,(H,21,24)/t15-/m0/s1. The smallest absolute Gasteiger partial charge is 0.270 e. The maximum absolute atomic E-state index is 12.8. The van der Waals surface area contributed by atoms with Crippen molar-refractivity contribution in [2.75, 3.05) is 37.7 Å². The second kappa shape index (κ2) is 8.64. The number of nitro benzene ring substituents is 1. The van der Waals surface area contributed by atoms with E-state index in [4.69, 9.17) is 4.74 Å². The van der Waals surface area contributed by atoms with E-state index in [1.54, 1.807) is 6.07 Å². The molecule has 0 aliphatic carbocycles. The number of non-ortho nitro benzene ring substituents is 1. The van der Waals surface area contributed by atoms with Crippen LogP contribution in [0.15, 0.2) is 48.5 Å². The maximum atomic E-state index is 12.8. The van der Waals surface area contributed by atoms with Crippen LogP contribution in [0.4, 0.5) is 11.4 Å². The third-order valence-electron chi connectivity index (χ3n) is 4.72. The van der Waals surface area contributed by atoms with Crippen LogP contribution in [0.3, 0.4) is 0 Å². The highest BCUT2D eigenvalue weighted by Crippen LogP contribution is 2.26. The summed E-state index contributed by atoms with van der Waals surface area (Å²) < 4.78 is 5.36. The lowest BCUT2D eigenvalue weighted by molar-refractivity contribution is -0.384. The number of nitrogens with zero attached hydrogens (tertiary/aromatic N) is 2. The van der Waals surface area contributed by atoms with E-state index in [0.717, 1.165) is 5.56 Å². The molecule has 0 bridgehead atoms. The van der Waals surface area contributed by atoms with Crippen LogP contribution in [0.2, 0.25) is 0 Å². The first-order chi connectivity index (χ1) is 13.1. The zero-order valence-corrected chi connectivity index (χ0v) is 15.3. The van der Waals surface area contributed by atoms with Crippen molar-refractivity contribution in [3.8, 4) is 0 Å². The lowest BCUT2D eigenvalue weighted by Gasteiger charge is -2.30. The first kappa shape index (κ1) is 18.8. The van der Waals surface area contributed by atoms with E-state index in [1.165, 1.54) is 12.1 Å². The average Bonchev–Trinajstić information content (AvgIpc) is 2.72. The van der Waals surface area contributed by atoms with Gasteiger partial charge in [0, 0.05) is 31.8 Å². The zero-order valence-electron chi connectivity index (χ0n) is 15.3. The first-order valence-corrected chi connectivity index (χ1v) is 9.00. The van der Waals surface area contributed by atoms with Crippen molar-refractivity contribution in [2.24, 2.45) is 0 Å². The van der Waals surface area contributed by atoms with E-state index < -0.39 is 4.92 Å². The maximum Gasteiger partial charge on any atom is 0.270 e. The third kappa shape index (κ3) is 4.62. The Labute approximate surface area is 158 Å². The molecule has 0 saturated carbocycles. The number of ether oxygens (including phenoxy) is 1. The van der Waals surface area contributed by atoms with Crippen molar-refractivity contribution in [3.05, 3.63) is 69.8 Å². The summed E-state index contributed by atoms with van der Waals surface area (Å²) >= 11 is 0. The molecule has 7 heteroatoms. The Kier molecular flexibility index (Phi) is 6.03. The van der Waals surface area contributed by atoms with Crippen molar-refractivity contribution >= 4 is 17.3 Å². The van der Waals surface area contributed by atoms with Gasteiger partial charge in [0.1, 0.15) is 0 Å². The van der Waals surface area contributed by atoms with Gasteiger partial charge in [-0.1, -0.05) is 37.3 Å². The Morgan fingerprint density at radius 2 is 1.93 bits per heavy atom. The predicted octanol–water partition coefficient (Wildman–Crippen LogP) is 2.96. The summed E-state index contributed by atoms with van der Waals surface area (Å²) in [5, 5.41) is 14.1. The van der Waals surface area contributed by atoms with Crippen LogP contribution in [0, 0.1) is 10.1 Å². The quantitative estimate of drug-likeness (QED) is 0.625. The van der Waals surface area contributed by atoms with Gasteiger partial charge < -0.3 is 15.0 Å². The van der Waals surface area contributed by atoms with Gasteiger partial charge in [0.15, 0.2) is 0 Å². The summed E-state index contributed by atoms with van der Waals surface area (Å²) in [5.74, 6) is -0.163. The van der Waals surface area contributed by atoms with Gasteiger partial charge in [-0.05, 0) is 17.5 Å². The van der Waals surface area contributed by atoms with Crippen molar-refractivity contribution in [2.45, 2.75) is 12.8 Å². The SMILES string of the molecule is C[C@@H](CNC(=O)c1cc([N+](=O)[O-])ccc1N1CCOCC1)c1ccccc1. The molecule has 142 valence electrons. The summed E-state index contributed by atoms with van der Waals surface area (Å²) in [5.41, 5.74) is 2.07. The highest BCUT2D eigenvalue weighted by molar-refractivity contribution is 6.00. The Bertz CT molecular complexity index is 804. The predicted molar refractivity (Wildman–Crippen MR) is 103 cm³/mol. The number of nitro groups is 1. The van der Waals surface area contributed by atoms with E-state index in [1.807, 2.05) is 42.2 Å². The molecule has 1 atom stereocenters. The Morgan fingerprint density at radius 1 is 1.22 bits per heavy atom. The Balaban J connectivity index is 1.78. The summed E-state index contributed by atoms with van der Waals surface area (Å²) in [6.45, 7) is 4.93. The molecule has 27 heavy (non-hydrogen) atoms. The number of carbonyl (C=O) groups excluding carboxylic acids is 1. The molecule has 0 radical (unpaired) electrons. The third-order valence-corrected chi connectivity index (χ3v) is 4.72. The van der Waals surface area contributed by atoms with Crippen LogP contribution < -0.4 is 10.2 Å². The van der Waals surface area contributed by atoms with Crippen LogP contribution in [0.25, 0.3) is 0 Å². The molecular formula is C20H23N3O4. The van der Waals surface area contributed by atoms with Gasteiger partial charge in [-0.15, -0.1) is 0 Å². The molecule has 0 unspecified atom stereocenters. The lowest BCUT2D eigenvalue weighted by Crippen LogP contribution is -2.38. The number of amides is 1. The number of rotatable bonds is 6. The number of nitrogens with one attached hydrogen (secondary N) is 1. The largest absolute Gasteiger partial charge is 0.378 e. The minimum atomic E-state index is -0.480. The molecule has 1 aliphatic heterocycles. The lowest BCUT2D eigenvalue weighted by atomic mass is 10.0. The second-order valence-electron chi connectivity index (χ2n) is 6.58. The van der Waals surface area contributed by atoms with Gasteiger partial charge in [-0.3, -0.25) is 14.9 Å². The molecule has 1 heterocycles. The number of anilines is 1. The molecule has 3 rings (SSSR count). The van der Waals surface area contributed by atoms with Gasteiger partial charge >= 0.3 is 0 Å². The minimum Gasteiger partial charge on any atom is -0.378 e. The van der Waals surface area contributed by atoms with E-state index >= 15 is 0 Å². The molecule has 2 aromatic rings. The molecule has 1 saturated heterocycles. The van der Waals surface area contributed by atoms with E-state index in [9.17, 15) is 14.9 Å². The summed E-state index contributed by atoms with van der Waals surface area (Å²) in [4.78, 5) is 25.5. The number of morpholine rings is 1. The Hall–Kier alpha value is -2.93. The number of hydrogen-bond acceptors (Lipinski definition) is 5. The topological polar surface area (TPSA) is 84.7 Å². The van der Waals surface area contributed by atoms with Crippen molar-refractivity contribution < 1.29 is 14.5 Å². The number of carbonyl (C=O) groups is 1. The highest BCUT2D eigenvalue weighted by Gasteiger charge is 2.22. The monoisotopic (exact) mass is 369 g/mol. The van der Waals surface area contributed by atoms with Gasteiger partial charge in [0.2, 0.25) is 0 Å². The first-order valence-electron chi connectivity index (χ1n) is 9.00. The molecule has 0 aromatic heterocycles. The summed E-state index contributed by atoms with van der Waals surface area (Å²) in [6, 6.07) is 14.4. The van der Waals surface area contributed by atoms with Crippen LogP contribution in [0.5, 0.6) is 0 Å². The van der Waals surface area contributed by atoms with Gasteiger partial charge in [-0.25, -0.2) is 0 Å². The Morgan fingerprint density at radius 3 is 2.59 bits per heavy atom. The van der Waals surface area contributed by atoms with E-state index in [0.29, 0.717) is 44.1 Å². The molecule has 1 aliphatic rings. The van der Waals surface area contributed by atoms with Crippen molar-refractivity contribution in [3.63, 3.8) is 0 Å². The molecule has 1 fully saturated rings. The van der Waals surface area contributed by atoms with Crippen molar-refractivity contribution in [1.82, 2.24) is 5.32 Å². The van der Waals surface area contributed by atoms with Gasteiger partial charge in [0.25, 0.3) is 11.6 Å². The molecular weight excluding hydrogens is 346 g/mol. The number of benzene rings is 2. The van der Waals surface area contributed by atoms with E-state index in [2.05, 4.69) is 5.32 Å². The normalized spacial score (nSPS) is 15.2. The van der Waals surface area contributed by atoms with Crippen LogP contribution in [-0.4, -0.2) is 43.7 Å². The summed E-state index contributed by atoms with van der Waals surface area (Å²) in [6.07, 6.45) is 0. The van der Waals surface area contributed by atoms with Crippen LogP contribution in [0.1, 0.15) is 28.8 Å². The fourth-order valence-corrected chi connectivity index (χ4v) is 3.14. The fraction of sp³-hybridized carbons (Fsp3) is 0.350. The molecule has 1 N–H and O–H groups in total. The molecule has 1 amide bonds. The van der Waals surface area contributed by atoms with E-state index in [-0.39, 0.29) is 17.5 Å². The zero-order chi connectivity index (χ0) is 19.2. The average molecular weight is 369 g/mol. The molecule has 2 aromatic carbocycles. The fourth-order valence-electron chi connectivity index (χ4n) is 3.14. The highest BCUT2D eigenvalue weighted by atomic mass is 16.6. The molecule has 0 spiro atoms. The minimum absolute atomic E-state index is 0.0896.